The number of fused-ring (bicyclic) bond motifs is 1. The number of hydrogen-bond donors (Lipinski definition) is 2. The Bertz CT molecular complexity index is 1580. The van der Waals surface area contributed by atoms with Crippen LogP contribution in [0.3, 0.4) is 0 Å². The highest BCUT2D eigenvalue weighted by Crippen LogP contribution is 2.25. The average molecular weight is 504 g/mol. The van der Waals surface area contributed by atoms with Gasteiger partial charge in [0.2, 0.25) is 0 Å². The third kappa shape index (κ3) is 5.09. The van der Waals surface area contributed by atoms with Gasteiger partial charge < -0.3 is 15.0 Å². The number of nitrogens with zero attached hydrogens (tertiary/aromatic N) is 3. The zero-order valence-corrected chi connectivity index (χ0v) is 21.2. The lowest BCUT2D eigenvalue weighted by atomic mass is 10.0. The highest BCUT2D eigenvalue weighted by molar-refractivity contribution is 5.99. The molecule has 0 spiro atoms. The van der Waals surface area contributed by atoms with Crippen molar-refractivity contribution in [3.63, 3.8) is 0 Å². The van der Waals surface area contributed by atoms with Gasteiger partial charge in [0, 0.05) is 23.4 Å². The van der Waals surface area contributed by atoms with Crippen LogP contribution in [0.5, 0.6) is 0 Å². The standard InChI is InChI=1S/C27H29N5O5/c1-5-31-25(34)20-13-12-19(14-21(20)28-27(31)36)24(33)29-23(26(35)37-6-2)22-16(3)30-32(17(22)4)15-18-10-8-7-9-11-18/h7-14,23H,5-6,15H2,1-4H3,(H,28,36)(H,29,33). The van der Waals surface area contributed by atoms with Crippen LogP contribution in [0, 0.1) is 13.8 Å². The fourth-order valence-electron chi connectivity index (χ4n) is 4.41. The van der Waals surface area contributed by atoms with Crippen LogP contribution in [0.1, 0.15) is 52.8 Å². The highest BCUT2D eigenvalue weighted by atomic mass is 16.5. The number of aromatic nitrogens is 4. The summed E-state index contributed by atoms with van der Waals surface area (Å²) in [5.74, 6) is -1.17. The van der Waals surface area contributed by atoms with Gasteiger partial charge in [-0.15, -0.1) is 0 Å². The highest BCUT2D eigenvalue weighted by Gasteiger charge is 2.30. The van der Waals surface area contributed by atoms with Crippen molar-refractivity contribution in [1.82, 2.24) is 24.6 Å². The minimum atomic E-state index is -1.10. The van der Waals surface area contributed by atoms with Crippen LogP contribution in [0.15, 0.2) is 58.1 Å². The molecule has 10 nitrogen and oxygen atoms in total. The first-order valence-electron chi connectivity index (χ1n) is 12.1. The van der Waals surface area contributed by atoms with E-state index in [1.54, 1.807) is 25.5 Å². The Balaban J connectivity index is 1.69. The normalized spacial score (nSPS) is 11.9. The van der Waals surface area contributed by atoms with Crippen molar-refractivity contribution in [2.75, 3.05) is 6.61 Å². The van der Waals surface area contributed by atoms with Crippen molar-refractivity contribution in [1.29, 1.82) is 0 Å². The minimum Gasteiger partial charge on any atom is -0.464 e. The molecule has 0 fully saturated rings. The van der Waals surface area contributed by atoms with Crippen molar-refractivity contribution >= 4 is 22.8 Å². The Morgan fingerprint density at radius 2 is 1.81 bits per heavy atom. The molecule has 0 saturated carbocycles. The van der Waals surface area contributed by atoms with Crippen molar-refractivity contribution in [3.8, 4) is 0 Å². The molecule has 4 aromatic rings. The second kappa shape index (κ2) is 10.7. The van der Waals surface area contributed by atoms with Crippen LogP contribution in [-0.2, 0) is 22.6 Å². The number of aromatic amines is 1. The molecule has 1 unspecified atom stereocenters. The number of aryl methyl sites for hydroxylation is 1. The Hall–Kier alpha value is -4.47. The Labute approximate surface area is 212 Å². The lowest BCUT2D eigenvalue weighted by Crippen LogP contribution is -2.36. The fourth-order valence-corrected chi connectivity index (χ4v) is 4.41. The zero-order chi connectivity index (χ0) is 26.7. The number of esters is 1. The zero-order valence-electron chi connectivity index (χ0n) is 21.2. The van der Waals surface area contributed by atoms with E-state index in [1.165, 1.54) is 18.2 Å². The van der Waals surface area contributed by atoms with Crippen LogP contribution in [-0.4, -0.2) is 37.8 Å². The SMILES string of the molecule is CCOC(=O)C(NC(=O)c1ccc2c(=O)n(CC)c(=O)[nH]c2c1)c1c(C)nn(Cc2ccccc2)c1C. The summed E-state index contributed by atoms with van der Waals surface area (Å²) in [6.45, 7) is 7.89. The van der Waals surface area contributed by atoms with Gasteiger partial charge in [0.15, 0.2) is 6.04 Å². The first-order chi connectivity index (χ1) is 17.7. The molecule has 0 aliphatic heterocycles. The Morgan fingerprint density at radius 3 is 2.49 bits per heavy atom. The summed E-state index contributed by atoms with van der Waals surface area (Å²) in [4.78, 5) is 53.7. The largest absolute Gasteiger partial charge is 0.464 e. The number of amides is 1. The van der Waals surface area contributed by atoms with E-state index in [4.69, 9.17) is 4.74 Å². The smallest absolute Gasteiger partial charge is 0.333 e. The number of carbonyl (C=O) groups excluding carboxylic acids is 2. The molecule has 0 aliphatic rings. The van der Waals surface area contributed by atoms with Gasteiger partial charge >= 0.3 is 11.7 Å². The van der Waals surface area contributed by atoms with E-state index in [9.17, 15) is 19.2 Å². The van der Waals surface area contributed by atoms with E-state index < -0.39 is 29.2 Å². The third-order valence-corrected chi connectivity index (χ3v) is 6.26. The summed E-state index contributed by atoms with van der Waals surface area (Å²) in [6.07, 6.45) is 0. The van der Waals surface area contributed by atoms with Crippen molar-refractivity contribution in [2.24, 2.45) is 0 Å². The molecule has 2 N–H and O–H groups in total. The first-order valence-corrected chi connectivity index (χ1v) is 12.1. The van der Waals surface area contributed by atoms with Crippen LogP contribution in [0.25, 0.3) is 10.9 Å². The molecule has 0 saturated heterocycles. The molecule has 0 bridgehead atoms. The number of H-pyrrole nitrogens is 1. The molecular formula is C27H29N5O5. The van der Waals surface area contributed by atoms with E-state index in [-0.39, 0.29) is 29.6 Å². The maximum Gasteiger partial charge on any atom is 0.333 e. The Kier molecular flexibility index (Phi) is 7.37. The molecule has 2 heterocycles. The van der Waals surface area contributed by atoms with Crippen molar-refractivity contribution < 1.29 is 14.3 Å². The lowest BCUT2D eigenvalue weighted by molar-refractivity contribution is -0.145. The van der Waals surface area contributed by atoms with Crippen molar-refractivity contribution in [2.45, 2.75) is 46.8 Å². The first kappa shape index (κ1) is 25.6. The number of benzene rings is 2. The van der Waals surface area contributed by atoms with Gasteiger partial charge in [-0.25, -0.2) is 9.59 Å². The summed E-state index contributed by atoms with van der Waals surface area (Å²) in [7, 11) is 0. The second-order valence-corrected chi connectivity index (χ2v) is 8.63. The van der Waals surface area contributed by atoms with Crippen LogP contribution >= 0.6 is 0 Å². The van der Waals surface area contributed by atoms with E-state index in [1.807, 2.05) is 37.3 Å². The van der Waals surface area contributed by atoms with E-state index >= 15 is 0 Å². The number of nitrogens with one attached hydrogen (secondary N) is 2. The maximum absolute atomic E-state index is 13.3. The summed E-state index contributed by atoms with van der Waals surface area (Å²) >= 11 is 0. The van der Waals surface area contributed by atoms with E-state index in [2.05, 4.69) is 15.4 Å². The van der Waals surface area contributed by atoms with Crippen LogP contribution < -0.4 is 16.6 Å². The van der Waals surface area contributed by atoms with E-state index in [0.717, 1.165) is 15.8 Å². The fraction of sp³-hybridized carbons (Fsp3) is 0.296. The van der Waals surface area contributed by atoms with Gasteiger partial charge in [-0.05, 0) is 51.5 Å². The van der Waals surface area contributed by atoms with Gasteiger partial charge in [-0.3, -0.25) is 18.8 Å². The summed E-state index contributed by atoms with van der Waals surface area (Å²) in [5, 5.41) is 7.66. The number of hydrogen-bond acceptors (Lipinski definition) is 6. The topological polar surface area (TPSA) is 128 Å². The minimum absolute atomic E-state index is 0.141. The average Bonchev–Trinajstić information content (AvgIpc) is 3.15. The predicted molar refractivity (Wildman–Crippen MR) is 139 cm³/mol. The Morgan fingerprint density at radius 1 is 1.08 bits per heavy atom. The lowest BCUT2D eigenvalue weighted by Gasteiger charge is -2.18. The molecular weight excluding hydrogens is 474 g/mol. The molecule has 0 aliphatic carbocycles. The van der Waals surface area contributed by atoms with Gasteiger partial charge in [-0.1, -0.05) is 30.3 Å². The molecule has 37 heavy (non-hydrogen) atoms. The van der Waals surface area contributed by atoms with Gasteiger partial charge in [-0.2, -0.15) is 5.10 Å². The quantitative estimate of drug-likeness (QED) is 0.356. The monoisotopic (exact) mass is 503 g/mol. The molecule has 2 aromatic carbocycles. The van der Waals surface area contributed by atoms with Crippen LogP contribution in [0.2, 0.25) is 0 Å². The molecule has 192 valence electrons. The molecule has 0 radical (unpaired) electrons. The molecule has 10 heteroatoms. The third-order valence-electron chi connectivity index (χ3n) is 6.26. The van der Waals surface area contributed by atoms with E-state index in [0.29, 0.717) is 17.8 Å². The van der Waals surface area contributed by atoms with Crippen molar-refractivity contribution in [3.05, 3.63) is 97.4 Å². The van der Waals surface area contributed by atoms with Gasteiger partial charge in [0.25, 0.3) is 11.5 Å². The molecule has 1 amide bonds. The number of carbonyl (C=O) groups is 2. The predicted octanol–water partition coefficient (Wildman–Crippen LogP) is 2.61. The number of rotatable bonds is 8. The maximum atomic E-state index is 13.3. The summed E-state index contributed by atoms with van der Waals surface area (Å²) in [6, 6.07) is 13.1. The van der Waals surface area contributed by atoms with Gasteiger partial charge in [0.1, 0.15) is 0 Å². The molecule has 1 atom stereocenters. The number of ether oxygens (including phenoxy) is 1. The molecule has 2 aromatic heterocycles. The summed E-state index contributed by atoms with van der Waals surface area (Å²) in [5.41, 5.74) is 2.35. The second-order valence-electron chi connectivity index (χ2n) is 8.63. The summed E-state index contributed by atoms with van der Waals surface area (Å²) < 4.78 is 8.15. The molecule has 4 rings (SSSR count). The van der Waals surface area contributed by atoms with Gasteiger partial charge in [0.05, 0.1) is 29.7 Å². The van der Waals surface area contributed by atoms with Crippen LogP contribution in [0.4, 0.5) is 0 Å².